The second-order valence-corrected chi connectivity index (χ2v) is 9.39. The third-order valence-corrected chi connectivity index (χ3v) is 7.34. The largest absolute Gasteiger partial charge is 0.366 e. The second kappa shape index (κ2) is 7.57. The number of likely N-dealkylation sites (tertiary alicyclic amines) is 2. The van der Waals surface area contributed by atoms with E-state index in [0.29, 0.717) is 24.9 Å². The molecule has 0 radical (unpaired) electrons. The molecule has 0 aliphatic carbocycles. The van der Waals surface area contributed by atoms with Crippen LogP contribution in [0.15, 0.2) is 35.2 Å². The molecule has 2 unspecified atom stereocenters. The van der Waals surface area contributed by atoms with Crippen molar-refractivity contribution < 1.29 is 14.3 Å². The molecule has 0 spiro atoms. The normalized spacial score (nSPS) is 32.8. The molecule has 4 aliphatic rings. The molecule has 1 aromatic carbocycles. The summed E-state index contributed by atoms with van der Waals surface area (Å²) in [6.07, 6.45) is 0.835. The summed E-state index contributed by atoms with van der Waals surface area (Å²) >= 11 is 1.82. The smallest absolute Gasteiger partial charge is 0.320 e. The number of hydrogen-bond acceptors (Lipinski definition) is 5. The number of nitrogens with zero attached hydrogens (tertiary/aromatic N) is 3. The summed E-state index contributed by atoms with van der Waals surface area (Å²) in [4.78, 5) is 29.8. The first-order chi connectivity index (χ1) is 13.7. The lowest BCUT2D eigenvalue weighted by Gasteiger charge is -2.42. The van der Waals surface area contributed by atoms with Crippen molar-refractivity contribution in [3.63, 3.8) is 0 Å². The lowest BCUT2D eigenvalue weighted by atomic mass is 10.0. The Morgan fingerprint density at radius 3 is 2.54 bits per heavy atom. The molecule has 0 aromatic heterocycles. The van der Waals surface area contributed by atoms with Gasteiger partial charge in [-0.3, -0.25) is 4.79 Å². The van der Waals surface area contributed by atoms with Gasteiger partial charge in [0.1, 0.15) is 6.61 Å². The highest BCUT2D eigenvalue weighted by molar-refractivity contribution is 7.97. The van der Waals surface area contributed by atoms with Crippen LogP contribution in [0.5, 0.6) is 0 Å². The Labute approximate surface area is 169 Å². The summed E-state index contributed by atoms with van der Waals surface area (Å²) in [6.45, 7) is 5.13. The highest BCUT2D eigenvalue weighted by Crippen LogP contribution is 2.37. The van der Waals surface area contributed by atoms with Crippen molar-refractivity contribution >= 4 is 23.9 Å². The maximum atomic E-state index is 13.0. The van der Waals surface area contributed by atoms with Gasteiger partial charge in [-0.15, -0.1) is 0 Å². The van der Waals surface area contributed by atoms with Gasteiger partial charge < -0.3 is 19.9 Å². The van der Waals surface area contributed by atoms with E-state index in [4.69, 9.17) is 4.74 Å². The molecule has 1 aromatic rings. The van der Waals surface area contributed by atoms with Crippen molar-refractivity contribution in [1.82, 2.24) is 19.4 Å². The molecule has 4 heterocycles. The number of benzene rings is 1. The first kappa shape index (κ1) is 18.3. The Morgan fingerprint density at radius 2 is 1.79 bits per heavy atom. The lowest BCUT2D eigenvalue weighted by molar-refractivity contribution is -0.139. The summed E-state index contributed by atoms with van der Waals surface area (Å²) in [7, 11) is 0. The summed E-state index contributed by atoms with van der Waals surface area (Å²) in [5.74, 6) is 1.02. The van der Waals surface area contributed by atoms with Gasteiger partial charge in [-0.25, -0.2) is 9.10 Å². The average molecular weight is 403 g/mol. The number of hydrogen-bond donors (Lipinski definition) is 1. The number of carbonyl (C=O) groups excluding carboxylic acids is 2. The highest BCUT2D eigenvalue weighted by atomic mass is 32.2. The Kier molecular flexibility index (Phi) is 4.94. The summed E-state index contributed by atoms with van der Waals surface area (Å²) in [6, 6.07) is 10.5. The Hall–Kier alpha value is -1.77. The zero-order chi connectivity index (χ0) is 19.1. The van der Waals surface area contributed by atoms with Crippen LogP contribution in [0.25, 0.3) is 0 Å². The average Bonchev–Trinajstić information content (AvgIpc) is 3.26. The molecular weight excluding hydrogens is 376 g/mol. The van der Waals surface area contributed by atoms with E-state index in [1.165, 1.54) is 4.90 Å². The number of morpholine rings is 1. The van der Waals surface area contributed by atoms with Gasteiger partial charge in [-0.1, -0.05) is 18.2 Å². The van der Waals surface area contributed by atoms with Crippen LogP contribution in [0.2, 0.25) is 0 Å². The van der Waals surface area contributed by atoms with Gasteiger partial charge in [0.15, 0.2) is 0 Å². The van der Waals surface area contributed by atoms with Crippen molar-refractivity contribution in [3.8, 4) is 0 Å². The van der Waals surface area contributed by atoms with Crippen LogP contribution in [0.1, 0.15) is 6.42 Å². The molecule has 8 heteroatoms. The lowest BCUT2D eigenvalue weighted by Crippen LogP contribution is -2.62. The first-order valence-electron chi connectivity index (χ1n) is 10.1. The van der Waals surface area contributed by atoms with Crippen molar-refractivity contribution in [1.29, 1.82) is 0 Å². The van der Waals surface area contributed by atoms with Crippen LogP contribution >= 0.6 is 11.9 Å². The monoisotopic (exact) mass is 402 g/mol. The van der Waals surface area contributed by atoms with Gasteiger partial charge >= 0.3 is 6.03 Å². The molecule has 4 fully saturated rings. The van der Waals surface area contributed by atoms with Crippen molar-refractivity contribution in [3.05, 3.63) is 30.3 Å². The molecule has 0 bridgehead atoms. The molecule has 1 N–H and O–H groups in total. The second-order valence-electron chi connectivity index (χ2n) is 8.22. The van der Waals surface area contributed by atoms with Crippen molar-refractivity contribution in [2.75, 3.05) is 45.9 Å². The number of carbonyl (C=O) groups is 2. The van der Waals surface area contributed by atoms with E-state index in [-0.39, 0.29) is 30.7 Å². The van der Waals surface area contributed by atoms with E-state index in [0.717, 1.165) is 32.6 Å². The number of ether oxygens (including phenoxy) is 1. The molecule has 0 saturated carbocycles. The van der Waals surface area contributed by atoms with Crippen LogP contribution in [-0.2, 0) is 9.53 Å². The third-order valence-electron chi connectivity index (χ3n) is 6.30. The van der Waals surface area contributed by atoms with E-state index in [2.05, 4.69) is 33.9 Å². The molecular formula is C20H26N4O3S. The van der Waals surface area contributed by atoms with E-state index in [1.54, 1.807) is 0 Å². The molecule has 28 heavy (non-hydrogen) atoms. The van der Waals surface area contributed by atoms with E-state index < -0.39 is 0 Å². The third kappa shape index (κ3) is 3.60. The molecule has 150 valence electrons. The van der Waals surface area contributed by atoms with Gasteiger partial charge in [-0.2, -0.15) is 0 Å². The van der Waals surface area contributed by atoms with Crippen LogP contribution in [-0.4, -0.2) is 84.1 Å². The zero-order valence-electron chi connectivity index (χ0n) is 15.8. The summed E-state index contributed by atoms with van der Waals surface area (Å²) < 4.78 is 8.03. The van der Waals surface area contributed by atoms with E-state index >= 15 is 0 Å². The maximum absolute atomic E-state index is 13.0. The minimum absolute atomic E-state index is 0.0447. The number of fused-ring (bicyclic) bond motifs is 2. The fraction of sp³-hybridized carbons (Fsp3) is 0.600. The number of nitrogens with one attached hydrogen (secondary N) is 1. The minimum Gasteiger partial charge on any atom is -0.366 e. The van der Waals surface area contributed by atoms with Crippen LogP contribution in [0, 0.1) is 11.8 Å². The maximum Gasteiger partial charge on any atom is 0.320 e. The van der Waals surface area contributed by atoms with Crippen LogP contribution in [0.4, 0.5) is 4.79 Å². The molecule has 4 saturated heterocycles. The van der Waals surface area contributed by atoms with E-state index in [9.17, 15) is 9.59 Å². The van der Waals surface area contributed by atoms with Gasteiger partial charge in [0.25, 0.3) is 0 Å². The highest BCUT2D eigenvalue weighted by Gasteiger charge is 2.44. The van der Waals surface area contributed by atoms with Crippen molar-refractivity contribution in [2.45, 2.75) is 23.5 Å². The summed E-state index contributed by atoms with van der Waals surface area (Å²) in [5, 5.41) is 2.98. The topological polar surface area (TPSA) is 65.1 Å². The standard InChI is InChI=1S/C20H26N4O3S/c25-19-13-27-18-6-7-22(12-17(18)21-19)20(26)23-8-14-10-24(11-15(14)9-23)28-16-4-2-1-3-5-16/h1-5,14-15,17-18H,6-13H2,(H,21,25)/t14?,15?,17-,18+/m1/s1. The van der Waals surface area contributed by atoms with E-state index in [1.807, 2.05) is 27.8 Å². The fourth-order valence-electron chi connectivity index (χ4n) is 4.88. The molecule has 3 amide bonds. The predicted octanol–water partition coefficient (Wildman–Crippen LogP) is 1.27. The number of piperidine rings is 1. The van der Waals surface area contributed by atoms with Crippen LogP contribution in [0.3, 0.4) is 0 Å². The van der Waals surface area contributed by atoms with Gasteiger partial charge in [0.2, 0.25) is 5.91 Å². The summed E-state index contributed by atoms with van der Waals surface area (Å²) in [5.41, 5.74) is 0. The number of urea groups is 1. The Balaban J connectivity index is 1.14. The van der Waals surface area contributed by atoms with Crippen LogP contribution < -0.4 is 5.32 Å². The quantitative estimate of drug-likeness (QED) is 0.755. The fourth-order valence-corrected chi connectivity index (χ4v) is 5.99. The minimum atomic E-state index is -0.0812. The predicted molar refractivity (Wildman–Crippen MR) is 106 cm³/mol. The zero-order valence-corrected chi connectivity index (χ0v) is 16.6. The SMILES string of the molecule is O=C1CO[C@H]2CCN(C(=O)N3CC4CN(Sc5ccccc5)CC4C3)C[C@H]2N1. The number of amides is 3. The van der Waals surface area contributed by atoms with Gasteiger partial charge in [0, 0.05) is 44.2 Å². The molecule has 4 aliphatic heterocycles. The van der Waals surface area contributed by atoms with Gasteiger partial charge in [-0.05, 0) is 42.3 Å². The Bertz CT molecular complexity index is 734. The molecule has 7 nitrogen and oxygen atoms in total. The van der Waals surface area contributed by atoms with Gasteiger partial charge in [0.05, 0.1) is 12.1 Å². The molecule has 4 atom stereocenters. The number of rotatable bonds is 2. The first-order valence-corrected chi connectivity index (χ1v) is 10.9. The Morgan fingerprint density at radius 1 is 1.04 bits per heavy atom. The molecule has 5 rings (SSSR count). The van der Waals surface area contributed by atoms with Crippen molar-refractivity contribution in [2.24, 2.45) is 11.8 Å².